The number of rotatable bonds is 3. The first kappa shape index (κ1) is 13.7. The number of amides is 1. The lowest BCUT2D eigenvalue weighted by atomic mass is 9.85. The largest absolute Gasteiger partial charge is 0.480 e. The van der Waals surface area contributed by atoms with Crippen LogP contribution in [0, 0.1) is 11.3 Å². The van der Waals surface area contributed by atoms with Gasteiger partial charge < -0.3 is 10.4 Å². The lowest BCUT2D eigenvalue weighted by Crippen LogP contribution is -2.50. The number of hydrogen-bond acceptors (Lipinski definition) is 2. The van der Waals surface area contributed by atoms with E-state index in [0.29, 0.717) is 6.42 Å². The Balaban J connectivity index is 2.64. The quantitative estimate of drug-likeness (QED) is 0.740. The summed E-state index contributed by atoms with van der Waals surface area (Å²) in [6.45, 7) is 5.44. The van der Waals surface area contributed by atoms with E-state index in [4.69, 9.17) is 5.11 Å². The van der Waals surface area contributed by atoms with Crippen LogP contribution in [0.25, 0.3) is 0 Å². The normalized spacial score (nSPS) is 21.9. The molecule has 0 saturated carbocycles. The van der Waals surface area contributed by atoms with Crippen LogP contribution >= 0.6 is 0 Å². The predicted molar refractivity (Wildman–Crippen MR) is 65.5 cm³/mol. The van der Waals surface area contributed by atoms with Gasteiger partial charge in [-0.1, -0.05) is 32.9 Å². The molecule has 0 fully saturated rings. The van der Waals surface area contributed by atoms with Gasteiger partial charge in [-0.05, 0) is 24.7 Å². The summed E-state index contributed by atoms with van der Waals surface area (Å²) < 4.78 is 0. The molecule has 1 amide bonds. The van der Waals surface area contributed by atoms with Crippen molar-refractivity contribution in [3.8, 4) is 0 Å². The van der Waals surface area contributed by atoms with Gasteiger partial charge in [0.25, 0.3) is 0 Å². The summed E-state index contributed by atoms with van der Waals surface area (Å²) in [7, 11) is 0. The fraction of sp³-hybridized carbons (Fsp3) is 0.692. The van der Waals surface area contributed by atoms with E-state index in [2.05, 4.69) is 11.4 Å². The van der Waals surface area contributed by atoms with Gasteiger partial charge in [-0.25, -0.2) is 4.79 Å². The molecule has 0 bridgehead atoms. The number of carbonyl (C=O) groups excluding carboxylic acids is 1. The van der Waals surface area contributed by atoms with Crippen molar-refractivity contribution < 1.29 is 14.7 Å². The molecule has 0 aromatic rings. The number of carboxylic acid groups (broad SMARTS) is 1. The minimum atomic E-state index is -0.975. The maximum absolute atomic E-state index is 12.0. The average Bonchev–Trinajstić information content (AvgIpc) is 2.24. The molecule has 1 aliphatic rings. The molecule has 0 spiro atoms. The maximum atomic E-state index is 12.0. The highest BCUT2D eigenvalue weighted by atomic mass is 16.4. The molecule has 2 atom stereocenters. The zero-order valence-corrected chi connectivity index (χ0v) is 10.7. The lowest BCUT2D eigenvalue weighted by Gasteiger charge is -2.29. The number of nitrogens with one attached hydrogen (secondary N) is 1. The number of carboxylic acids is 1. The van der Waals surface area contributed by atoms with E-state index in [-0.39, 0.29) is 11.8 Å². The highest BCUT2D eigenvalue weighted by molar-refractivity contribution is 5.85. The van der Waals surface area contributed by atoms with E-state index in [1.165, 1.54) is 0 Å². The standard InChI is InChI=1S/C13H21NO3/c1-13(2,3)10(12(16)17)14-11(15)9-7-5-4-6-8-9/h4-5,9-10H,6-8H2,1-3H3,(H,14,15)(H,16,17). The monoisotopic (exact) mass is 239 g/mol. The van der Waals surface area contributed by atoms with E-state index in [9.17, 15) is 9.59 Å². The van der Waals surface area contributed by atoms with Gasteiger partial charge in [-0.2, -0.15) is 0 Å². The Kier molecular flexibility index (Phi) is 4.32. The van der Waals surface area contributed by atoms with Crippen LogP contribution in [0.5, 0.6) is 0 Å². The van der Waals surface area contributed by atoms with Crippen molar-refractivity contribution in [2.75, 3.05) is 0 Å². The minimum absolute atomic E-state index is 0.0794. The van der Waals surface area contributed by atoms with E-state index in [1.54, 1.807) is 0 Å². The number of aliphatic carboxylic acids is 1. The average molecular weight is 239 g/mol. The predicted octanol–water partition coefficient (Wildman–Crippen LogP) is 1.96. The van der Waals surface area contributed by atoms with Gasteiger partial charge >= 0.3 is 5.97 Å². The maximum Gasteiger partial charge on any atom is 0.326 e. The molecule has 0 aromatic heterocycles. The molecule has 17 heavy (non-hydrogen) atoms. The van der Waals surface area contributed by atoms with E-state index < -0.39 is 17.4 Å². The molecular weight excluding hydrogens is 218 g/mol. The van der Waals surface area contributed by atoms with Gasteiger partial charge in [0.2, 0.25) is 5.91 Å². The molecule has 0 radical (unpaired) electrons. The number of hydrogen-bond donors (Lipinski definition) is 2. The topological polar surface area (TPSA) is 66.4 Å². The molecule has 2 N–H and O–H groups in total. The first-order valence-corrected chi connectivity index (χ1v) is 6.00. The van der Waals surface area contributed by atoms with Crippen molar-refractivity contribution >= 4 is 11.9 Å². The van der Waals surface area contributed by atoms with Crippen molar-refractivity contribution in [3.63, 3.8) is 0 Å². The Bertz CT molecular complexity index is 328. The molecule has 4 heteroatoms. The first-order valence-electron chi connectivity index (χ1n) is 6.00. The SMILES string of the molecule is CC(C)(C)C(NC(=O)C1CC=CCC1)C(=O)O. The van der Waals surface area contributed by atoms with Gasteiger partial charge in [-0.3, -0.25) is 4.79 Å². The Labute approximate surface area is 102 Å². The van der Waals surface area contributed by atoms with E-state index in [1.807, 2.05) is 26.8 Å². The molecule has 0 aromatic carbocycles. The van der Waals surface area contributed by atoms with Crippen molar-refractivity contribution in [1.82, 2.24) is 5.32 Å². The van der Waals surface area contributed by atoms with Crippen LogP contribution < -0.4 is 5.32 Å². The highest BCUT2D eigenvalue weighted by Crippen LogP contribution is 2.22. The molecular formula is C13H21NO3. The summed E-state index contributed by atoms with van der Waals surface area (Å²) in [6, 6.07) is -0.832. The summed E-state index contributed by atoms with van der Waals surface area (Å²) in [5.74, 6) is -1.20. The van der Waals surface area contributed by atoms with Crippen LogP contribution in [0.4, 0.5) is 0 Å². The molecule has 1 rings (SSSR count). The molecule has 4 nitrogen and oxygen atoms in total. The fourth-order valence-electron chi connectivity index (χ4n) is 1.94. The molecule has 0 saturated heterocycles. The summed E-state index contributed by atoms with van der Waals surface area (Å²) in [4.78, 5) is 23.1. The summed E-state index contributed by atoms with van der Waals surface area (Å²) >= 11 is 0. The Hall–Kier alpha value is -1.32. The van der Waals surface area contributed by atoms with Gasteiger partial charge in [-0.15, -0.1) is 0 Å². The van der Waals surface area contributed by atoms with E-state index in [0.717, 1.165) is 12.8 Å². The van der Waals surface area contributed by atoms with Crippen LogP contribution in [0.1, 0.15) is 40.0 Å². The second-order valence-corrected chi connectivity index (χ2v) is 5.63. The van der Waals surface area contributed by atoms with Gasteiger partial charge in [0.15, 0.2) is 0 Å². The molecule has 0 aliphatic heterocycles. The highest BCUT2D eigenvalue weighted by Gasteiger charge is 2.34. The zero-order valence-electron chi connectivity index (χ0n) is 10.7. The van der Waals surface area contributed by atoms with Crippen LogP contribution in [0.3, 0.4) is 0 Å². The Morgan fingerprint density at radius 2 is 2.00 bits per heavy atom. The summed E-state index contributed by atoms with van der Waals surface area (Å²) in [5, 5.41) is 11.8. The summed E-state index contributed by atoms with van der Waals surface area (Å²) in [5.41, 5.74) is -0.480. The molecule has 96 valence electrons. The smallest absolute Gasteiger partial charge is 0.326 e. The van der Waals surface area contributed by atoms with Crippen molar-refractivity contribution in [2.45, 2.75) is 46.1 Å². The lowest BCUT2D eigenvalue weighted by molar-refractivity contribution is -0.145. The summed E-state index contributed by atoms with van der Waals surface area (Å²) in [6.07, 6.45) is 6.45. The molecule has 1 aliphatic carbocycles. The third kappa shape index (κ3) is 3.88. The van der Waals surface area contributed by atoms with Crippen LogP contribution in [-0.4, -0.2) is 23.0 Å². The Morgan fingerprint density at radius 3 is 2.41 bits per heavy atom. The van der Waals surface area contributed by atoms with E-state index >= 15 is 0 Å². The fourth-order valence-corrected chi connectivity index (χ4v) is 1.94. The molecule has 0 heterocycles. The molecule has 2 unspecified atom stereocenters. The number of allylic oxidation sites excluding steroid dienone is 2. The second kappa shape index (κ2) is 5.34. The van der Waals surface area contributed by atoms with Crippen LogP contribution in [0.2, 0.25) is 0 Å². The Morgan fingerprint density at radius 1 is 1.35 bits per heavy atom. The zero-order chi connectivity index (χ0) is 13.1. The van der Waals surface area contributed by atoms with Crippen LogP contribution in [0.15, 0.2) is 12.2 Å². The van der Waals surface area contributed by atoms with Crippen molar-refractivity contribution in [2.24, 2.45) is 11.3 Å². The van der Waals surface area contributed by atoms with Crippen molar-refractivity contribution in [1.29, 1.82) is 0 Å². The second-order valence-electron chi connectivity index (χ2n) is 5.63. The van der Waals surface area contributed by atoms with Gasteiger partial charge in [0.1, 0.15) is 6.04 Å². The third-order valence-corrected chi connectivity index (χ3v) is 3.04. The first-order chi connectivity index (χ1) is 7.82. The van der Waals surface area contributed by atoms with Crippen molar-refractivity contribution in [3.05, 3.63) is 12.2 Å². The minimum Gasteiger partial charge on any atom is -0.480 e. The third-order valence-electron chi connectivity index (χ3n) is 3.04. The number of carbonyl (C=O) groups is 2. The van der Waals surface area contributed by atoms with Gasteiger partial charge in [0.05, 0.1) is 0 Å². The van der Waals surface area contributed by atoms with Gasteiger partial charge in [0, 0.05) is 5.92 Å². The van der Waals surface area contributed by atoms with Crippen LogP contribution in [-0.2, 0) is 9.59 Å².